The van der Waals surface area contributed by atoms with E-state index in [0.717, 1.165) is 0 Å². The molecule has 0 N–H and O–H groups in total. The van der Waals surface area contributed by atoms with Gasteiger partial charge in [-0.2, -0.15) is 5.26 Å². The van der Waals surface area contributed by atoms with Crippen LogP contribution in [0.4, 0.5) is 5.69 Å². The van der Waals surface area contributed by atoms with Gasteiger partial charge in [0.15, 0.2) is 0 Å². The van der Waals surface area contributed by atoms with Crippen molar-refractivity contribution >= 4 is 17.6 Å². The number of aliphatic imine (C=N–C) groups is 1. The van der Waals surface area contributed by atoms with Crippen LogP contribution in [0.1, 0.15) is 16.8 Å². The molecule has 0 aliphatic rings. The number of esters is 1. The maximum Gasteiger partial charge on any atom is 0.340 e. The van der Waals surface area contributed by atoms with Gasteiger partial charge >= 0.3 is 5.97 Å². The number of para-hydroxylation sites is 1. The monoisotopic (exact) mass is 232 g/mol. The molecule has 0 unspecified atom stereocenters. The van der Waals surface area contributed by atoms with Crippen LogP contribution in [0.3, 0.4) is 0 Å². The summed E-state index contributed by atoms with van der Waals surface area (Å²) in [4.78, 5) is 15.6. The normalized spacial score (nSPS) is 10.5. The van der Waals surface area contributed by atoms with Crippen molar-refractivity contribution in [2.75, 3.05) is 14.2 Å². The molecule has 88 valence electrons. The molecule has 1 aromatic rings. The molecule has 1 rings (SSSR count). The van der Waals surface area contributed by atoms with E-state index in [2.05, 4.69) is 9.73 Å². The zero-order valence-electron chi connectivity index (χ0n) is 9.64. The average molecular weight is 232 g/mol. The Hall–Kier alpha value is -2.35. The van der Waals surface area contributed by atoms with E-state index in [1.807, 2.05) is 6.07 Å². The predicted molar refractivity (Wildman–Crippen MR) is 62.1 cm³/mol. The van der Waals surface area contributed by atoms with Crippen molar-refractivity contribution < 1.29 is 14.3 Å². The SMILES string of the molecule is COC(=O)c1ccccc1N=C(CC#N)OC. The van der Waals surface area contributed by atoms with Crippen molar-refractivity contribution in [3.05, 3.63) is 29.8 Å². The highest BCUT2D eigenvalue weighted by Crippen LogP contribution is 2.20. The largest absolute Gasteiger partial charge is 0.483 e. The quantitative estimate of drug-likeness (QED) is 0.454. The van der Waals surface area contributed by atoms with E-state index in [-0.39, 0.29) is 12.3 Å². The first-order valence-electron chi connectivity index (χ1n) is 4.88. The van der Waals surface area contributed by atoms with Gasteiger partial charge in [0.1, 0.15) is 6.42 Å². The molecule has 0 atom stereocenters. The lowest BCUT2D eigenvalue weighted by Gasteiger charge is -2.05. The molecule has 0 radical (unpaired) electrons. The number of rotatable bonds is 3. The first kappa shape index (κ1) is 12.7. The summed E-state index contributed by atoms with van der Waals surface area (Å²) < 4.78 is 9.58. The van der Waals surface area contributed by atoms with Crippen LogP contribution in [-0.4, -0.2) is 26.1 Å². The highest BCUT2D eigenvalue weighted by Gasteiger charge is 2.11. The third kappa shape index (κ3) is 3.31. The lowest BCUT2D eigenvalue weighted by atomic mass is 10.2. The zero-order valence-corrected chi connectivity index (χ0v) is 9.64. The molecule has 0 spiro atoms. The Labute approximate surface area is 99.3 Å². The van der Waals surface area contributed by atoms with E-state index in [0.29, 0.717) is 11.3 Å². The summed E-state index contributed by atoms with van der Waals surface area (Å²) in [5, 5.41) is 8.57. The summed E-state index contributed by atoms with van der Waals surface area (Å²) in [6.07, 6.45) is 0.0476. The van der Waals surface area contributed by atoms with Crippen LogP contribution in [0.5, 0.6) is 0 Å². The predicted octanol–water partition coefficient (Wildman–Crippen LogP) is 2.06. The smallest absolute Gasteiger partial charge is 0.340 e. The number of hydrogen-bond acceptors (Lipinski definition) is 5. The molecule has 1 aromatic carbocycles. The van der Waals surface area contributed by atoms with Gasteiger partial charge in [-0.25, -0.2) is 9.79 Å². The highest BCUT2D eigenvalue weighted by molar-refractivity contribution is 5.96. The Morgan fingerprint density at radius 1 is 1.35 bits per heavy atom. The summed E-state index contributed by atoms with van der Waals surface area (Å²) in [6, 6.07) is 8.64. The molecule has 0 fully saturated rings. The van der Waals surface area contributed by atoms with Gasteiger partial charge in [-0.3, -0.25) is 0 Å². The van der Waals surface area contributed by atoms with Crippen LogP contribution in [0.15, 0.2) is 29.3 Å². The fourth-order valence-electron chi connectivity index (χ4n) is 1.21. The maximum absolute atomic E-state index is 11.5. The van der Waals surface area contributed by atoms with E-state index < -0.39 is 5.97 Å². The summed E-state index contributed by atoms with van der Waals surface area (Å²) in [5.74, 6) is -0.222. The first-order valence-corrected chi connectivity index (χ1v) is 4.88. The van der Waals surface area contributed by atoms with Crippen molar-refractivity contribution in [1.82, 2.24) is 0 Å². The van der Waals surface area contributed by atoms with Crippen molar-refractivity contribution in [3.63, 3.8) is 0 Å². The molecule has 0 aromatic heterocycles. The molecule has 0 aliphatic carbocycles. The highest BCUT2D eigenvalue weighted by atomic mass is 16.5. The van der Waals surface area contributed by atoms with Gasteiger partial charge in [-0.15, -0.1) is 0 Å². The molecule has 0 saturated carbocycles. The van der Waals surface area contributed by atoms with E-state index >= 15 is 0 Å². The second-order valence-electron chi connectivity index (χ2n) is 3.05. The lowest BCUT2D eigenvalue weighted by molar-refractivity contribution is 0.0601. The lowest BCUT2D eigenvalue weighted by Crippen LogP contribution is -2.03. The van der Waals surface area contributed by atoms with Crippen molar-refractivity contribution in [2.24, 2.45) is 4.99 Å². The minimum absolute atomic E-state index is 0.0476. The minimum Gasteiger partial charge on any atom is -0.483 e. The van der Waals surface area contributed by atoms with Gasteiger partial charge in [-0.1, -0.05) is 12.1 Å². The fraction of sp³-hybridized carbons (Fsp3) is 0.250. The molecular formula is C12H12N2O3. The first-order chi connectivity index (χ1) is 8.22. The van der Waals surface area contributed by atoms with Gasteiger partial charge in [0.05, 0.1) is 31.5 Å². The third-order valence-corrected chi connectivity index (χ3v) is 2.02. The standard InChI is InChI=1S/C12H12N2O3/c1-16-11(7-8-13)14-10-6-4-3-5-9(10)12(15)17-2/h3-6H,7H2,1-2H3. The number of hydrogen-bond donors (Lipinski definition) is 0. The van der Waals surface area contributed by atoms with Crippen LogP contribution in [0, 0.1) is 11.3 Å². The number of carbonyl (C=O) groups excluding carboxylic acids is 1. The molecule has 0 amide bonds. The summed E-state index contributed by atoms with van der Waals surface area (Å²) >= 11 is 0. The molecule has 17 heavy (non-hydrogen) atoms. The van der Waals surface area contributed by atoms with Gasteiger partial charge in [0.2, 0.25) is 5.90 Å². The van der Waals surface area contributed by atoms with Gasteiger partial charge in [0.25, 0.3) is 0 Å². The number of carbonyl (C=O) groups is 1. The van der Waals surface area contributed by atoms with Crippen molar-refractivity contribution in [1.29, 1.82) is 5.26 Å². The summed E-state index contributed by atoms with van der Waals surface area (Å²) in [7, 11) is 2.73. The number of nitrogens with zero attached hydrogens (tertiary/aromatic N) is 2. The Morgan fingerprint density at radius 2 is 2.06 bits per heavy atom. The van der Waals surface area contributed by atoms with Gasteiger partial charge < -0.3 is 9.47 Å². The Bertz CT molecular complexity index is 475. The average Bonchev–Trinajstić information content (AvgIpc) is 2.38. The minimum atomic E-state index is -0.475. The van der Waals surface area contributed by atoms with Crippen LogP contribution >= 0.6 is 0 Å². The molecule has 5 heteroatoms. The third-order valence-electron chi connectivity index (χ3n) is 2.02. The number of benzene rings is 1. The van der Waals surface area contributed by atoms with Crippen LogP contribution in [-0.2, 0) is 9.47 Å². The topological polar surface area (TPSA) is 71.7 Å². The van der Waals surface area contributed by atoms with E-state index in [1.165, 1.54) is 14.2 Å². The molecule has 0 heterocycles. The molecule has 0 saturated heterocycles. The number of nitriles is 1. The van der Waals surface area contributed by atoms with Crippen LogP contribution in [0.25, 0.3) is 0 Å². The van der Waals surface area contributed by atoms with Crippen LogP contribution < -0.4 is 0 Å². The van der Waals surface area contributed by atoms with E-state index in [9.17, 15) is 4.79 Å². The number of methoxy groups -OCH3 is 2. The summed E-state index contributed by atoms with van der Waals surface area (Å²) in [6.45, 7) is 0. The Balaban J connectivity index is 3.14. The molecule has 0 aliphatic heterocycles. The van der Waals surface area contributed by atoms with Gasteiger partial charge in [-0.05, 0) is 12.1 Å². The van der Waals surface area contributed by atoms with Crippen molar-refractivity contribution in [2.45, 2.75) is 6.42 Å². The van der Waals surface area contributed by atoms with Gasteiger partial charge in [0, 0.05) is 0 Å². The molecule has 0 bridgehead atoms. The Kier molecular flexibility index (Phi) is 4.70. The Morgan fingerprint density at radius 3 is 2.65 bits per heavy atom. The van der Waals surface area contributed by atoms with Crippen molar-refractivity contribution in [3.8, 4) is 6.07 Å². The van der Waals surface area contributed by atoms with Crippen LogP contribution in [0.2, 0.25) is 0 Å². The molecule has 5 nitrogen and oxygen atoms in total. The summed E-state index contributed by atoms with van der Waals surface area (Å²) in [5.41, 5.74) is 0.758. The second kappa shape index (κ2) is 6.28. The van der Waals surface area contributed by atoms with E-state index in [4.69, 9.17) is 10.00 Å². The molecular weight excluding hydrogens is 220 g/mol. The number of ether oxygens (including phenoxy) is 2. The zero-order chi connectivity index (χ0) is 12.7. The van der Waals surface area contributed by atoms with E-state index in [1.54, 1.807) is 24.3 Å². The maximum atomic E-state index is 11.5. The second-order valence-corrected chi connectivity index (χ2v) is 3.05. The fourth-order valence-corrected chi connectivity index (χ4v) is 1.21.